The molecule has 1 aromatic carbocycles. The van der Waals surface area contributed by atoms with E-state index >= 15 is 0 Å². The summed E-state index contributed by atoms with van der Waals surface area (Å²) in [5.41, 5.74) is 8.74. The molecule has 0 radical (unpaired) electrons. The highest BCUT2D eigenvalue weighted by molar-refractivity contribution is 6.00. The number of aromatic carboxylic acids is 1. The second-order valence-electron chi connectivity index (χ2n) is 10.8. The number of aromatic nitrogens is 2. The highest BCUT2D eigenvalue weighted by atomic mass is 16.5. The van der Waals surface area contributed by atoms with Crippen molar-refractivity contribution in [3.8, 4) is 17.0 Å². The van der Waals surface area contributed by atoms with Crippen LogP contribution in [0.5, 0.6) is 5.88 Å². The number of pyridine rings is 1. The van der Waals surface area contributed by atoms with Crippen LogP contribution in [0.15, 0.2) is 42.6 Å². The molecule has 3 aromatic rings. The maximum absolute atomic E-state index is 11.0. The number of ether oxygens (including phenoxy) is 1. The molecule has 2 bridgehead atoms. The molecule has 3 fully saturated rings. The van der Waals surface area contributed by atoms with Crippen LogP contribution < -0.4 is 10.5 Å². The number of aliphatic hydroxyl groups excluding tert-OH is 1. The first-order valence-electron chi connectivity index (χ1n) is 13.7. The minimum absolute atomic E-state index is 0.0354. The molecule has 5 N–H and O–H groups in total. The fourth-order valence-electron chi connectivity index (χ4n) is 6.23. The van der Waals surface area contributed by atoms with Crippen LogP contribution in [0.25, 0.3) is 22.0 Å². The zero-order valence-electron chi connectivity index (χ0n) is 22.1. The van der Waals surface area contributed by atoms with E-state index in [9.17, 15) is 9.90 Å². The Bertz CT molecular complexity index is 1210. The highest BCUT2D eigenvalue weighted by Crippen LogP contribution is 2.35. The lowest BCUT2D eigenvalue weighted by Crippen LogP contribution is -2.49. The molecule has 2 atom stereocenters. The third-order valence-corrected chi connectivity index (χ3v) is 8.32. The number of carboxylic acids is 1. The van der Waals surface area contributed by atoms with Crippen LogP contribution in [0.1, 0.15) is 49.0 Å². The second-order valence-corrected chi connectivity index (χ2v) is 10.8. The topological polar surface area (TPSA) is 128 Å². The van der Waals surface area contributed by atoms with Gasteiger partial charge in [0.15, 0.2) is 0 Å². The van der Waals surface area contributed by atoms with Crippen molar-refractivity contribution >= 4 is 16.9 Å². The van der Waals surface area contributed by atoms with Crippen LogP contribution >= 0.6 is 0 Å². The molecule has 0 amide bonds. The van der Waals surface area contributed by atoms with Gasteiger partial charge in [-0.25, -0.2) is 9.78 Å². The van der Waals surface area contributed by atoms with E-state index in [1.165, 1.54) is 39.0 Å². The van der Waals surface area contributed by atoms with E-state index in [0.29, 0.717) is 24.0 Å². The number of nitrogens with one attached hydrogen (secondary N) is 1. The summed E-state index contributed by atoms with van der Waals surface area (Å²) in [7, 11) is 1.56. The number of likely N-dealkylation sites (tertiary alicyclic amines) is 1. The number of nitrogens with zero attached hydrogens (tertiary/aromatic N) is 3. The SMILES string of the molecule is COc1ccc(-c2cccc3[nH]c(C(=O)O)cc23)cn1.NC1CCN(CCN2C3CCC2CC(O)C3)CC1. The van der Waals surface area contributed by atoms with Crippen molar-refractivity contribution in [2.24, 2.45) is 5.73 Å². The predicted octanol–water partition coefficient (Wildman–Crippen LogP) is 3.33. The summed E-state index contributed by atoms with van der Waals surface area (Å²) in [4.78, 5) is 23.3. The average molecular weight is 522 g/mol. The Labute approximate surface area is 223 Å². The quantitative estimate of drug-likeness (QED) is 0.389. The van der Waals surface area contributed by atoms with Crippen molar-refractivity contribution in [2.75, 3.05) is 33.3 Å². The Morgan fingerprint density at radius 1 is 1.11 bits per heavy atom. The summed E-state index contributed by atoms with van der Waals surface area (Å²) in [5.74, 6) is -0.429. The van der Waals surface area contributed by atoms with Gasteiger partial charge >= 0.3 is 5.97 Å². The number of carbonyl (C=O) groups is 1. The Hall–Kier alpha value is -2.98. The number of piperidine rings is 2. The van der Waals surface area contributed by atoms with Gasteiger partial charge in [-0.05, 0) is 75.4 Å². The first-order chi connectivity index (χ1) is 18.4. The van der Waals surface area contributed by atoms with Gasteiger partial charge in [0.05, 0.1) is 13.2 Å². The molecule has 0 saturated carbocycles. The van der Waals surface area contributed by atoms with Crippen LogP contribution in [0, 0.1) is 0 Å². The molecule has 2 aromatic heterocycles. The summed E-state index contributed by atoms with van der Waals surface area (Å²) in [6, 6.07) is 12.7. The summed E-state index contributed by atoms with van der Waals surface area (Å²) >= 11 is 0. The summed E-state index contributed by atoms with van der Waals surface area (Å²) < 4.78 is 5.03. The van der Waals surface area contributed by atoms with Gasteiger partial charge in [-0.1, -0.05) is 12.1 Å². The minimum Gasteiger partial charge on any atom is -0.481 e. The fraction of sp³-hybridized carbons (Fsp3) is 0.517. The number of aromatic amines is 1. The largest absolute Gasteiger partial charge is 0.481 e. The molecule has 5 heterocycles. The van der Waals surface area contributed by atoms with E-state index < -0.39 is 5.97 Å². The van der Waals surface area contributed by atoms with E-state index in [1.54, 1.807) is 25.4 Å². The number of fused-ring (bicyclic) bond motifs is 3. The van der Waals surface area contributed by atoms with Crippen molar-refractivity contribution in [3.05, 3.63) is 48.3 Å². The van der Waals surface area contributed by atoms with Crippen LogP contribution in [0.2, 0.25) is 0 Å². The van der Waals surface area contributed by atoms with E-state index in [4.69, 9.17) is 15.6 Å². The van der Waals surface area contributed by atoms with E-state index in [-0.39, 0.29) is 11.8 Å². The van der Waals surface area contributed by atoms with Crippen LogP contribution in [-0.2, 0) is 0 Å². The molecule has 3 aliphatic rings. The van der Waals surface area contributed by atoms with Crippen molar-refractivity contribution in [3.63, 3.8) is 0 Å². The highest BCUT2D eigenvalue weighted by Gasteiger charge is 2.39. The number of aliphatic hydroxyl groups is 1. The normalized spacial score (nSPS) is 24.2. The first kappa shape index (κ1) is 26.6. The van der Waals surface area contributed by atoms with Crippen LogP contribution in [0.3, 0.4) is 0 Å². The van der Waals surface area contributed by atoms with Crippen LogP contribution in [-0.4, -0.2) is 93.5 Å². The third-order valence-electron chi connectivity index (χ3n) is 8.32. The number of rotatable bonds is 6. The molecule has 9 heteroatoms. The molecular formula is C29H39N5O4. The lowest BCUT2D eigenvalue weighted by molar-refractivity contribution is 0.0288. The average Bonchev–Trinajstić information content (AvgIpc) is 3.47. The molecule has 0 spiro atoms. The van der Waals surface area contributed by atoms with Gasteiger partial charge in [-0.2, -0.15) is 0 Å². The number of carboxylic acid groups (broad SMARTS) is 1. The van der Waals surface area contributed by atoms with Gasteiger partial charge in [-0.15, -0.1) is 0 Å². The van der Waals surface area contributed by atoms with Crippen molar-refractivity contribution in [2.45, 2.75) is 62.8 Å². The number of nitrogens with two attached hydrogens (primary N) is 1. The predicted molar refractivity (Wildman–Crippen MR) is 147 cm³/mol. The maximum Gasteiger partial charge on any atom is 0.352 e. The Morgan fingerprint density at radius 2 is 1.84 bits per heavy atom. The number of hydrogen-bond donors (Lipinski definition) is 4. The van der Waals surface area contributed by atoms with Gasteiger partial charge < -0.3 is 30.6 Å². The standard InChI is InChI=1S/C15H12N2O3.C14H27N3O/c1-20-14-6-5-9(8-16-14)10-3-2-4-12-11(10)7-13(17-12)15(18)19;15-11-3-5-16(6-4-11)7-8-17-12-1-2-13(17)10-14(18)9-12/h2-8,17H,1H3,(H,18,19);11-14,18H,1-10,15H2. The molecule has 38 heavy (non-hydrogen) atoms. The molecule has 2 unspecified atom stereocenters. The zero-order chi connectivity index (χ0) is 26.6. The smallest absolute Gasteiger partial charge is 0.352 e. The third kappa shape index (κ3) is 6.02. The van der Waals surface area contributed by atoms with Crippen molar-refractivity contribution < 1.29 is 19.7 Å². The minimum atomic E-state index is -0.972. The molecule has 6 rings (SSSR count). The van der Waals surface area contributed by atoms with Crippen molar-refractivity contribution in [1.82, 2.24) is 19.8 Å². The van der Waals surface area contributed by atoms with Crippen molar-refractivity contribution in [1.29, 1.82) is 0 Å². The summed E-state index contributed by atoms with van der Waals surface area (Å²) in [6.45, 7) is 4.73. The number of benzene rings is 1. The summed E-state index contributed by atoms with van der Waals surface area (Å²) in [5, 5.41) is 19.7. The molecule has 204 valence electrons. The van der Waals surface area contributed by atoms with Gasteiger partial charge in [0, 0.05) is 59.9 Å². The zero-order valence-corrected chi connectivity index (χ0v) is 22.1. The second kappa shape index (κ2) is 11.8. The van der Waals surface area contributed by atoms with E-state index in [2.05, 4.69) is 19.8 Å². The molecule has 3 saturated heterocycles. The monoisotopic (exact) mass is 521 g/mol. The first-order valence-corrected chi connectivity index (χ1v) is 13.7. The Kier molecular flexibility index (Phi) is 8.28. The number of H-pyrrole nitrogens is 1. The van der Waals surface area contributed by atoms with Crippen LogP contribution in [0.4, 0.5) is 0 Å². The molecule has 3 aliphatic heterocycles. The molecular weight excluding hydrogens is 482 g/mol. The van der Waals surface area contributed by atoms with Gasteiger partial charge in [0.2, 0.25) is 5.88 Å². The lowest BCUT2D eigenvalue weighted by Gasteiger charge is -2.39. The summed E-state index contributed by atoms with van der Waals surface area (Å²) in [6.07, 6.45) is 8.59. The Morgan fingerprint density at radius 3 is 2.47 bits per heavy atom. The van der Waals surface area contributed by atoms with Gasteiger partial charge in [-0.3, -0.25) is 4.90 Å². The Balaban J connectivity index is 0.000000156. The number of hydrogen-bond acceptors (Lipinski definition) is 7. The fourth-order valence-corrected chi connectivity index (χ4v) is 6.23. The maximum atomic E-state index is 11.0. The lowest BCUT2D eigenvalue weighted by atomic mass is 10.00. The van der Waals surface area contributed by atoms with E-state index in [0.717, 1.165) is 47.7 Å². The molecule has 0 aliphatic carbocycles. The number of methoxy groups -OCH3 is 1. The van der Waals surface area contributed by atoms with E-state index in [1.807, 2.05) is 24.3 Å². The van der Waals surface area contributed by atoms with Gasteiger partial charge in [0.25, 0.3) is 0 Å². The van der Waals surface area contributed by atoms with Gasteiger partial charge in [0.1, 0.15) is 5.69 Å². The molecule has 9 nitrogen and oxygen atoms in total.